The van der Waals surface area contributed by atoms with E-state index < -0.39 is 17.9 Å². The highest BCUT2D eigenvalue weighted by Crippen LogP contribution is 2.34. The van der Waals surface area contributed by atoms with E-state index in [2.05, 4.69) is 16.0 Å². The molecule has 1 aliphatic heterocycles. The van der Waals surface area contributed by atoms with Crippen molar-refractivity contribution in [3.8, 4) is 0 Å². The monoisotopic (exact) mass is 361 g/mol. The predicted molar refractivity (Wildman–Crippen MR) is 93.4 cm³/mol. The van der Waals surface area contributed by atoms with Gasteiger partial charge in [-0.05, 0) is 42.9 Å². The summed E-state index contributed by atoms with van der Waals surface area (Å²) in [4.78, 5) is 36.1. The lowest BCUT2D eigenvalue weighted by molar-refractivity contribution is -0.141. The van der Waals surface area contributed by atoms with Gasteiger partial charge in [-0.15, -0.1) is 0 Å². The van der Waals surface area contributed by atoms with Crippen molar-refractivity contribution in [2.75, 3.05) is 6.54 Å². The van der Waals surface area contributed by atoms with Gasteiger partial charge in [0.15, 0.2) is 0 Å². The van der Waals surface area contributed by atoms with Gasteiger partial charge in [0.2, 0.25) is 5.91 Å². The minimum absolute atomic E-state index is 0.209. The molecule has 1 saturated heterocycles. The molecule has 2 atom stereocenters. The zero-order chi connectivity index (χ0) is 18.5. The first-order valence-electron chi connectivity index (χ1n) is 9.19. The molecule has 140 valence electrons. The third kappa shape index (κ3) is 4.39. The van der Waals surface area contributed by atoms with E-state index in [0.29, 0.717) is 13.0 Å². The van der Waals surface area contributed by atoms with Crippen molar-refractivity contribution >= 4 is 17.7 Å². The van der Waals surface area contributed by atoms with Crippen LogP contribution in [0.4, 0.5) is 4.39 Å². The number of hydrogen-bond acceptors (Lipinski definition) is 3. The van der Waals surface area contributed by atoms with Gasteiger partial charge in [-0.3, -0.25) is 14.4 Å². The maximum atomic E-state index is 13.3. The molecule has 0 aromatic heterocycles. The Hall–Kier alpha value is -2.44. The van der Waals surface area contributed by atoms with Crippen LogP contribution in [0.5, 0.6) is 0 Å². The Kier molecular flexibility index (Phi) is 5.85. The standard InChI is InChI=1S/C19H24FN3O3/c20-14-8-6-13(7-9-14)16(12-4-2-1-3-5-12)23-19(26)18(25)22-15-10-11-21-17(15)24/h6-9,12,15-16H,1-5,10-11H2,(H,21,24)(H,22,25)(H,23,26)/t15-,16?/m0/s1. The van der Waals surface area contributed by atoms with Gasteiger partial charge in [0.05, 0.1) is 6.04 Å². The Morgan fingerprint density at radius 1 is 1.04 bits per heavy atom. The van der Waals surface area contributed by atoms with Crippen LogP contribution in [0.1, 0.15) is 50.1 Å². The van der Waals surface area contributed by atoms with E-state index in [-0.39, 0.29) is 23.7 Å². The first kappa shape index (κ1) is 18.4. The second-order valence-electron chi connectivity index (χ2n) is 7.01. The summed E-state index contributed by atoms with van der Waals surface area (Å²) in [7, 11) is 0. The van der Waals surface area contributed by atoms with Crippen molar-refractivity contribution < 1.29 is 18.8 Å². The smallest absolute Gasteiger partial charge is 0.309 e. The maximum absolute atomic E-state index is 13.3. The van der Waals surface area contributed by atoms with E-state index in [1.54, 1.807) is 12.1 Å². The first-order valence-corrected chi connectivity index (χ1v) is 9.19. The number of rotatable bonds is 4. The molecule has 0 radical (unpaired) electrons. The molecule has 0 spiro atoms. The van der Waals surface area contributed by atoms with Gasteiger partial charge in [-0.1, -0.05) is 31.4 Å². The normalized spacial score (nSPS) is 21.7. The van der Waals surface area contributed by atoms with Crippen molar-refractivity contribution in [3.63, 3.8) is 0 Å². The molecule has 1 heterocycles. The molecule has 26 heavy (non-hydrogen) atoms. The van der Waals surface area contributed by atoms with Crippen LogP contribution in [0.3, 0.4) is 0 Å². The van der Waals surface area contributed by atoms with Gasteiger partial charge in [-0.2, -0.15) is 0 Å². The minimum Gasteiger partial charge on any atom is -0.354 e. The Bertz CT molecular complexity index is 671. The molecular formula is C19H24FN3O3. The topological polar surface area (TPSA) is 87.3 Å². The predicted octanol–water partition coefficient (Wildman–Crippen LogP) is 1.57. The largest absolute Gasteiger partial charge is 0.354 e. The molecule has 6 nitrogen and oxygen atoms in total. The van der Waals surface area contributed by atoms with Gasteiger partial charge in [0.25, 0.3) is 0 Å². The van der Waals surface area contributed by atoms with E-state index in [1.807, 2.05) is 0 Å². The number of hydrogen-bond donors (Lipinski definition) is 3. The zero-order valence-electron chi connectivity index (χ0n) is 14.6. The second-order valence-corrected chi connectivity index (χ2v) is 7.01. The number of carbonyl (C=O) groups is 3. The molecule has 3 N–H and O–H groups in total. The van der Waals surface area contributed by atoms with Crippen LogP contribution in [0, 0.1) is 11.7 Å². The molecule has 1 aliphatic carbocycles. The average Bonchev–Trinajstić information content (AvgIpc) is 3.05. The third-order valence-electron chi connectivity index (χ3n) is 5.20. The first-order chi connectivity index (χ1) is 12.5. The highest BCUT2D eigenvalue weighted by atomic mass is 19.1. The molecule has 7 heteroatoms. The van der Waals surface area contributed by atoms with Crippen LogP contribution in [0.15, 0.2) is 24.3 Å². The molecule has 1 saturated carbocycles. The zero-order valence-corrected chi connectivity index (χ0v) is 14.6. The molecule has 2 aliphatic rings. The summed E-state index contributed by atoms with van der Waals surface area (Å²) in [5.74, 6) is -1.97. The van der Waals surface area contributed by atoms with Crippen LogP contribution in [-0.2, 0) is 14.4 Å². The van der Waals surface area contributed by atoms with E-state index in [1.165, 1.54) is 12.1 Å². The molecule has 3 rings (SSSR count). The van der Waals surface area contributed by atoms with Crippen LogP contribution < -0.4 is 16.0 Å². The lowest BCUT2D eigenvalue weighted by Gasteiger charge is -2.31. The van der Waals surface area contributed by atoms with Gasteiger partial charge in [-0.25, -0.2) is 4.39 Å². The minimum atomic E-state index is -0.810. The van der Waals surface area contributed by atoms with E-state index in [4.69, 9.17) is 0 Å². The fraction of sp³-hybridized carbons (Fsp3) is 0.526. The average molecular weight is 361 g/mol. The lowest BCUT2D eigenvalue weighted by atomic mass is 9.81. The number of halogens is 1. The van der Waals surface area contributed by atoms with Gasteiger partial charge in [0.1, 0.15) is 11.9 Å². The Balaban J connectivity index is 1.69. The van der Waals surface area contributed by atoms with Gasteiger partial charge < -0.3 is 16.0 Å². The van der Waals surface area contributed by atoms with Crippen molar-refractivity contribution in [2.45, 2.75) is 50.6 Å². The fourth-order valence-electron chi connectivity index (χ4n) is 3.77. The van der Waals surface area contributed by atoms with Crippen molar-refractivity contribution in [3.05, 3.63) is 35.6 Å². The molecule has 3 amide bonds. The Labute approximate surface area is 151 Å². The third-order valence-corrected chi connectivity index (χ3v) is 5.20. The van der Waals surface area contributed by atoms with Gasteiger partial charge in [0, 0.05) is 6.54 Å². The van der Waals surface area contributed by atoms with Gasteiger partial charge >= 0.3 is 11.8 Å². The molecule has 1 aromatic carbocycles. The van der Waals surface area contributed by atoms with Crippen molar-refractivity contribution in [1.82, 2.24) is 16.0 Å². The van der Waals surface area contributed by atoms with Crippen molar-refractivity contribution in [1.29, 1.82) is 0 Å². The number of nitrogens with one attached hydrogen (secondary N) is 3. The number of benzene rings is 1. The lowest BCUT2D eigenvalue weighted by Crippen LogP contribution is -2.48. The molecule has 2 fully saturated rings. The van der Waals surface area contributed by atoms with E-state index in [9.17, 15) is 18.8 Å². The molecular weight excluding hydrogens is 337 g/mol. The Morgan fingerprint density at radius 3 is 2.35 bits per heavy atom. The van der Waals surface area contributed by atoms with Crippen LogP contribution in [0.2, 0.25) is 0 Å². The summed E-state index contributed by atoms with van der Waals surface area (Å²) in [6, 6.07) is 5.02. The second kappa shape index (κ2) is 8.29. The maximum Gasteiger partial charge on any atom is 0.309 e. The highest BCUT2D eigenvalue weighted by Gasteiger charge is 2.31. The van der Waals surface area contributed by atoms with Crippen molar-refractivity contribution in [2.24, 2.45) is 5.92 Å². The summed E-state index contributed by atoms with van der Waals surface area (Å²) in [5, 5.41) is 7.90. The van der Waals surface area contributed by atoms with E-state index >= 15 is 0 Å². The van der Waals surface area contributed by atoms with Crippen LogP contribution in [0.25, 0.3) is 0 Å². The summed E-state index contributed by atoms with van der Waals surface area (Å²) >= 11 is 0. The molecule has 1 aromatic rings. The summed E-state index contributed by atoms with van der Waals surface area (Å²) in [6.07, 6.45) is 5.70. The summed E-state index contributed by atoms with van der Waals surface area (Å²) < 4.78 is 13.3. The highest BCUT2D eigenvalue weighted by molar-refractivity contribution is 6.35. The molecule has 1 unspecified atom stereocenters. The van der Waals surface area contributed by atoms with Crippen LogP contribution in [-0.4, -0.2) is 30.3 Å². The summed E-state index contributed by atoms with van der Waals surface area (Å²) in [5.41, 5.74) is 0.790. The number of carbonyl (C=O) groups excluding carboxylic acids is 3. The Morgan fingerprint density at radius 2 is 1.73 bits per heavy atom. The quantitative estimate of drug-likeness (QED) is 0.712. The number of amides is 3. The SMILES string of the molecule is O=C(NC(c1ccc(F)cc1)C1CCCCC1)C(=O)N[C@H]1CCNC1=O. The fourth-order valence-corrected chi connectivity index (χ4v) is 3.77. The molecule has 0 bridgehead atoms. The van der Waals surface area contributed by atoms with E-state index in [0.717, 1.165) is 37.7 Å². The summed E-state index contributed by atoms with van der Waals surface area (Å²) in [6.45, 7) is 0.492. The van der Waals surface area contributed by atoms with Crippen LogP contribution >= 0.6 is 0 Å².